The summed E-state index contributed by atoms with van der Waals surface area (Å²) in [6.07, 6.45) is 4.12. The molecule has 1 aromatic carbocycles. The molecule has 1 amide bonds. The zero-order chi connectivity index (χ0) is 13.2. The van der Waals surface area contributed by atoms with Crippen molar-refractivity contribution < 1.29 is 4.79 Å². The molecule has 0 spiro atoms. The summed E-state index contributed by atoms with van der Waals surface area (Å²) in [6.45, 7) is 0.442. The lowest BCUT2D eigenvalue weighted by Gasteiger charge is -2.15. The Bertz CT molecular complexity index is 607. The van der Waals surface area contributed by atoms with Gasteiger partial charge in [-0.2, -0.15) is 0 Å². The molecule has 3 rings (SSSR count). The molecule has 0 bridgehead atoms. The summed E-state index contributed by atoms with van der Waals surface area (Å²) in [5.74, 6) is 0.0199. The topological polar surface area (TPSA) is 45.2 Å². The number of anilines is 1. The molecule has 0 atom stereocenters. The largest absolute Gasteiger partial charge is 0.324 e. The van der Waals surface area contributed by atoms with Crippen LogP contribution in [0.3, 0.4) is 0 Å². The van der Waals surface area contributed by atoms with Crippen LogP contribution in [0.25, 0.3) is 10.9 Å². The predicted molar refractivity (Wildman–Crippen MR) is 76.0 cm³/mol. The van der Waals surface area contributed by atoms with Crippen molar-refractivity contribution in [2.75, 3.05) is 18.9 Å². The highest BCUT2D eigenvalue weighted by molar-refractivity contribution is 5.94. The first-order valence-electron chi connectivity index (χ1n) is 6.57. The van der Waals surface area contributed by atoms with Crippen LogP contribution in [-0.2, 0) is 4.79 Å². The smallest absolute Gasteiger partial charge is 0.238 e. The van der Waals surface area contributed by atoms with E-state index in [1.165, 1.54) is 12.8 Å². The van der Waals surface area contributed by atoms with E-state index in [9.17, 15) is 4.79 Å². The molecule has 1 aliphatic carbocycles. The van der Waals surface area contributed by atoms with E-state index in [1.807, 2.05) is 37.4 Å². The van der Waals surface area contributed by atoms with Gasteiger partial charge in [-0.25, -0.2) is 0 Å². The fraction of sp³-hybridized carbons (Fsp3) is 0.333. The van der Waals surface area contributed by atoms with Gasteiger partial charge in [0.2, 0.25) is 5.91 Å². The molecule has 1 N–H and O–H groups in total. The third-order valence-electron chi connectivity index (χ3n) is 3.44. The molecular weight excluding hydrogens is 238 g/mol. The van der Waals surface area contributed by atoms with Gasteiger partial charge in [0.25, 0.3) is 0 Å². The Balaban J connectivity index is 1.68. The van der Waals surface area contributed by atoms with E-state index in [0.29, 0.717) is 12.6 Å². The molecular formula is C15H17N3O. The maximum Gasteiger partial charge on any atom is 0.238 e. The number of pyridine rings is 1. The fourth-order valence-electron chi connectivity index (χ4n) is 2.21. The monoisotopic (exact) mass is 255 g/mol. The van der Waals surface area contributed by atoms with E-state index in [0.717, 1.165) is 16.6 Å². The molecule has 4 heteroatoms. The summed E-state index contributed by atoms with van der Waals surface area (Å²) in [5, 5.41) is 3.94. The van der Waals surface area contributed by atoms with Crippen LogP contribution in [0, 0.1) is 0 Å². The van der Waals surface area contributed by atoms with Crippen LogP contribution in [0.2, 0.25) is 0 Å². The zero-order valence-electron chi connectivity index (χ0n) is 11.0. The van der Waals surface area contributed by atoms with Gasteiger partial charge in [-0.1, -0.05) is 18.2 Å². The summed E-state index contributed by atoms with van der Waals surface area (Å²) < 4.78 is 0. The Morgan fingerprint density at radius 1 is 1.42 bits per heavy atom. The van der Waals surface area contributed by atoms with Crippen LogP contribution in [0.4, 0.5) is 5.69 Å². The normalized spacial score (nSPS) is 14.8. The van der Waals surface area contributed by atoms with Gasteiger partial charge in [0.05, 0.1) is 23.9 Å². The van der Waals surface area contributed by atoms with Crippen molar-refractivity contribution in [2.45, 2.75) is 18.9 Å². The summed E-state index contributed by atoms with van der Waals surface area (Å²) in [6, 6.07) is 10.4. The van der Waals surface area contributed by atoms with Crippen molar-refractivity contribution in [1.82, 2.24) is 9.88 Å². The fourth-order valence-corrected chi connectivity index (χ4v) is 2.21. The number of carbonyl (C=O) groups is 1. The third kappa shape index (κ3) is 2.90. The van der Waals surface area contributed by atoms with E-state index >= 15 is 0 Å². The van der Waals surface area contributed by atoms with Crippen LogP contribution >= 0.6 is 0 Å². The molecule has 1 aliphatic rings. The molecule has 1 heterocycles. The molecule has 2 aromatic rings. The number of carbonyl (C=O) groups excluding carboxylic acids is 1. The number of rotatable bonds is 4. The van der Waals surface area contributed by atoms with Crippen molar-refractivity contribution in [3.63, 3.8) is 0 Å². The summed E-state index contributed by atoms with van der Waals surface area (Å²) in [4.78, 5) is 18.3. The molecule has 4 nitrogen and oxygen atoms in total. The van der Waals surface area contributed by atoms with Crippen molar-refractivity contribution in [2.24, 2.45) is 0 Å². The second kappa shape index (κ2) is 4.97. The van der Waals surface area contributed by atoms with Crippen LogP contribution in [0.5, 0.6) is 0 Å². The number of amides is 1. The second-order valence-corrected chi connectivity index (χ2v) is 5.11. The maximum absolute atomic E-state index is 11.9. The van der Waals surface area contributed by atoms with Crippen molar-refractivity contribution in [3.05, 3.63) is 36.5 Å². The Hall–Kier alpha value is -1.94. The SMILES string of the molecule is CN(CC(=O)Nc1cnc2ccccc2c1)C1CC1. The van der Waals surface area contributed by atoms with E-state index in [4.69, 9.17) is 0 Å². The number of likely N-dealkylation sites (N-methyl/N-ethyl adjacent to an activating group) is 1. The molecule has 98 valence electrons. The van der Waals surface area contributed by atoms with Gasteiger partial charge < -0.3 is 5.32 Å². The highest BCUT2D eigenvalue weighted by Gasteiger charge is 2.27. The average Bonchev–Trinajstić information content (AvgIpc) is 3.22. The lowest BCUT2D eigenvalue weighted by atomic mass is 10.2. The summed E-state index contributed by atoms with van der Waals surface area (Å²) in [5.41, 5.74) is 1.70. The first kappa shape index (κ1) is 12.1. The number of aromatic nitrogens is 1. The number of benzene rings is 1. The minimum absolute atomic E-state index is 0.0199. The van der Waals surface area contributed by atoms with E-state index < -0.39 is 0 Å². The van der Waals surface area contributed by atoms with Crippen LogP contribution in [-0.4, -0.2) is 35.4 Å². The summed E-state index contributed by atoms with van der Waals surface area (Å²) in [7, 11) is 2.00. The molecule has 0 aliphatic heterocycles. The highest BCUT2D eigenvalue weighted by Crippen LogP contribution is 2.25. The lowest BCUT2D eigenvalue weighted by Crippen LogP contribution is -2.31. The standard InChI is InChI=1S/C15H17N3O/c1-18(13-6-7-13)10-15(19)17-12-8-11-4-2-3-5-14(11)16-9-12/h2-5,8-9,13H,6-7,10H2,1H3,(H,17,19). The molecule has 19 heavy (non-hydrogen) atoms. The highest BCUT2D eigenvalue weighted by atomic mass is 16.2. The van der Waals surface area contributed by atoms with Crippen molar-refractivity contribution in [3.8, 4) is 0 Å². The Labute approximate surface area is 112 Å². The van der Waals surface area contributed by atoms with Gasteiger partial charge in [-0.15, -0.1) is 0 Å². The minimum Gasteiger partial charge on any atom is -0.324 e. The van der Waals surface area contributed by atoms with Gasteiger partial charge in [0.15, 0.2) is 0 Å². The molecule has 0 unspecified atom stereocenters. The average molecular weight is 255 g/mol. The molecule has 1 aromatic heterocycles. The van der Waals surface area contributed by atoms with Crippen LogP contribution in [0.1, 0.15) is 12.8 Å². The van der Waals surface area contributed by atoms with Crippen molar-refractivity contribution in [1.29, 1.82) is 0 Å². The first-order chi connectivity index (χ1) is 9.22. The molecule has 0 radical (unpaired) electrons. The number of fused-ring (bicyclic) bond motifs is 1. The lowest BCUT2D eigenvalue weighted by molar-refractivity contribution is -0.117. The van der Waals surface area contributed by atoms with Crippen LogP contribution < -0.4 is 5.32 Å². The van der Waals surface area contributed by atoms with E-state index in [-0.39, 0.29) is 5.91 Å². The number of nitrogens with zero attached hydrogens (tertiary/aromatic N) is 2. The van der Waals surface area contributed by atoms with Gasteiger partial charge in [0, 0.05) is 11.4 Å². The van der Waals surface area contributed by atoms with E-state index in [1.54, 1.807) is 6.20 Å². The Kier molecular flexibility index (Phi) is 3.17. The summed E-state index contributed by atoms with van der Waals surface area (Å²) >= 11 is 0. The quantitative estimate of drug-likeness (QED) is 0.911. The first-order valence-corrected chi connectivity index (χ1v) is 6.57. The van der Waals surface area contributed by atoms with Gasteiger partial charge in [-0.3, -0.25) is 14.7 Å². The van der Waals surface area contributed by atoms with E-state index in [2.05, 4.69) is 15.2 Å². The Morgan fingerprint density at radius 2 is 2.21 bits per heavy atom. The number of nitrogens with one attached hydrogen (secondary N) is 1. The van der Waals surface area contributed by atoms with Gasteiger partial charge in [0.1, 0.15) is 0 Å². The Morgan fingerprint density at radius 3 is 3.00 bits per heavy atom. The number of hydrogen-bond acceptors (Lipinski definition) is 3. The number of hydrogen-bond donors (Lipinski definition) is 1. The molecule has 1 fully saturated rings. The molecule has 1 saturated carbocycles. The minimum atomic E-state index is 0.0199. The third-order valence-corrected chi connectivity index (χ3v) is 3.44. The van der Waals surface area contributed by atoms with Crippen LogP contribution in [0.15, 0.2) is 36.5 Å². The zero-order valence-corrected chi connectivity index (χ0v) is 11.0. The van der Waals surface area contributed by atoms with Gasteiger partial charge in [-0.05, 0) is 32.0 Å². The predicted octanol–water partition coefficient (Wildman–Crippen LogP) is 2.27. The van der Waals surface area contributed by atoms with Gasteiger partial charge >= 0.3 is 0 Å². The number of para-hydroxylation sites is 1. The second-order valence-electron chi connectivity index (χ2n) is 5.11. The molecule has 0 saturated heterocycles. The maximum atomic E-state index is 11.9. The van der Waals surface area contributed by atoms with Crippen molar-refractivity contribution >= 4 is 22.5 Å².